The Balaban J connectivity index is 1.91. The number of carbonyl (C=O) groups is 3. The highest BCUT2D eigenvalue weighted by Crippen LogP contribution is 2.28. The molecule has 0 radical (unpaired) electrons. The predicted octanol–water partition coefficient (Wildman–Crippen LogP) is 2.59. The molecule has 0 atom stereocenters. The van der Waals surface area contributed by atoms with Gasteiger partial charge in [0.05, 0.1) is 16.8 Å². The molecule has 0 unspecified atom stereocenters. The Morgan fingerprint density at radius 2 is 1.45 bits per heavy atom. The molecule has 5 nitrogen and oxygen atoms in total. The van der Waals surface area contributed by atoms with Crippen molar-refractivity contribution >= 4 is 29.5 Å². The van der Waals surface area contributed by atoms with Gasteiger partial charge in [0.15, 0.2) is 0 Å². The van der Waals surface area contributed by atoms with Gasteiger partial charge in [-0.3, -0.25) is 9.59 Å². The Morgan fingerprint density at radius 1 is 0.909 bits per heavy atom. The van der Waals surface area contributed by atoms with Gasteiger partial charge in [-0.2, -0.15) is 0 Å². The smallest absolute Gasteiger partial charge is 0.328 e. The average Bonchev–Trinajstić information content (AvgIpc) is 2.78. The van der Waals surface area contributed by atoms with E-state index in [9.17, 15) is 14.4 Å². The van der Waals surface area contributed by atoms with Crippen molar-refractivity contribution < 1.29 is 19.5 Å². The summed E-state index contributed by atoms with van der Waals surface area (Å²) in [4.78, 5) is 36.2. The van der Waals surface area contributed by atoms with Crippen molar-refractivity contribution in [2.24, 2.45) is 0 Å². The molecular formula is C17H11NO4. The first-order chi connectivity index (χ1) is 10.6. The molecular weight excluding hydrogens is 282 g/mol. The van der Waals surface area contributed by atoms with Crippen molar-refractivity contribution in [1.82, 2.24) is 0 Å². The van der Waals surface area contributed by atoms with Crippen molar-refractivity contribution in [2.45, 2.75) is 0 Å². The molecule has 0 fully saturated rings. The number of carbonyl (C=O) groups excluding carboxylic acids is 2. The molecule has 2 aromatic rings. The minimum atomic E-state index is -1.04. The SMILES string of the molecule is O=C(O)C=Cc1ccc(N2C(=O)c3ccccc3C2=O)cc1. The van der Waals surface area contributed by atoms with Gasteiger partial charge in [0.2, 0.25) is 0 Å². The van der Waals surface area contributed by atoms with E-state index in [2.05, 4.69) is 0 Å². The number of fused-ring (bicyclic) bond motifs is 1. The van der Waals surface area contributed by atoms with Crippen LogP contribution in [-0.4, -0.2) is 22.9 Å². The Morgan fingerprint density at radius 3 is 1.95 bits per heavy atom. The molecule has 0 saturated heterocycles. The van der Waals surface area contributed by atoms with E-state index in [0.29, 0.717) is 22.4 Å². The second kappa shape index (κ2) is 5.29. The first-order valence-electron chi connectivity index (χ1n) is 6.57. The number of carboxylic acids is 1. The molecule has 0 spiro atoms. The van der Waals surface area contributed by atoms with Crippen LogP contribution in [0.2, 0.25) is 0 Å². The summed E-state index contributed by atoms with van der Waals surface area (Å²) >= 11 is 0. The van der Waals surface area contributed by atoms with Crippen LogP contribution in [0.1, 0.15) is 26.3 Å². The summed E-state index contributed by atoms with van der Waals surface area (Å²) in [7, 11) is 0. The zero-order chi connectivity index (χ0) is 15.7. The lowest BCUT2D eigenvalue weighted by atomic mass is 10.1. The van der Waals surface area contributed by atoms with Crippen molar-refractivity contribution in [3.05, 3.63) is 71.3 Å². The minimum absolute atomic E-state index is 0.352. The molecule has 1 heterocycles. The predicted molar refractivity (Wildman–Crippen MR) is 80.7 cm³/mol. The molecule has 3 rings (SSSR count). The number of hydrogen-bond donors (Lipinski definition) is 1. The van der Waals surface area contributed by atoms with E-state index in [0.717, 1.165) is 11.0 Å². The highest BCUT2D eigenvalue weighted by molar-refractivity contribution is 6.34. The van der Waals surface area contributed by atoms with E-state index in [-0.39, 0.29) is 11.8 Å². The van der Waals surface area contributed by atoms with Crippen molar-refractivity contribution in [1.29, 1.82) is 0 Å². The van der Waals surface area contributed by atoms with Crippen LogP contribution in [0, 0.1) is 0 Å². The fraction of sp³-hybridized carbons (Fsp3) is 0. The summed E-state index contributed by atoms with van der Waals surface area (Å²) in [6, 6.07) is 13.2. The van der Waals surface area contributed by atoms with E-state index in [4.69, 9.17) is 5.11 Å². The van der Waals surface area contributed by atoms with Crippen LogP contribution in [0.3, 0.4) is 0 Å². The van der Waals surface area contributed by atoms with Crippen molar-refractivity contribution in [2.75, 3.05) is 4.90 Å². The van der Waals surface area contributed by atoms with Gasteiger partial charge in [-0.25, -0.2) is 9.69 Å². The van der Waals surface area contributed by atoms with Crippen LogP contribution in [0.5, 0.6) is 0 Å². The van der Waals surface area contributed by atoms with Crippen LogP contribution in [0.4, 0.5) is 5.69 Å². The first kappa shape index (κ1) is 13.8. The maximum Gasteiger partial charge on any atom is 0.328 e. The van der Waals surface area contributed by atoms with Crippen LogP contribution in [-0.2, 0) is 4.79 Å². The molecule has 0 bridgehead atoms. The summed E-state index contributed by atoms with van der Waals surface area (Å²) in [5, 5.41) is 8.59. The Hall–Kier alpha value is -3.21. The molecule has 2 amide bonds. The Bertz CT molecular complexity index is 771. The molecule has 2 aromatic carbocycles. The summed E-state index contributed by atoms with van der Waals surface area (Å²) in [6.07, 6.45) is 2.46. The minimum Gasteiger partial charge on any atom is -0.478 e. The maximum absolute atomic E-state index is 12.3. The topological polar surface area (TPSA) is 74.7 Å². The third kappa shape index (κ3) is 2.29. The van der Waals surface area contributed by atoms with Gasteiger partial charge in [0, 0.05) is 6.08 Å². The zero-order valence-corrected chi connectivity index (χ0v) is 11.4. The van der Waals surface area contributed by atoms with Gasteiger partial charge in [-0.1, -0.05) is 24.3 Å². The van der Waals surface area contributed by atoms with Crippen molar-refractivity contribution in [3.8, 4) is 0 Å². The third-order valence-electron chi connectivity index (χ3n) is 3.36. The normalized spacial score (nSPS) is 13.7. The van der Waals surface area contributed by atoms with Crippen molar-refractivity contribution in [3.63, 3.8) is 0 Å². The average molecular weight is 293 g/mol. The van der Waals surface area contributed by atoms with Crippen LogP contribution in [0.15, 0.2) is 54.6 Å². The number of benzene rings is 2. The number of amides is 2. The van der Waals surface area contributed by atoms with Gasteiger partial charge < -0.3 is 5.11 Å². The highest BCUT2D eigenvalue weighted by atomic mass is 16.4. The van der Waals surface area contributed by atoms with Crippen LogP contribution in [0.25, 0.3) is 6.08 Å². The molecule has 1 aliphatic heterocycles. The number of carboxylic acid groups (broad SMARTS) is 1. The first-order valence-corrected chi connectivity index (χ1v) is 6.57. The lowest BCUT2D eigenvalue weighted by Crippen LogP contribution is -2.29. The monoisotopic (exact) mass is 293 g/mol. The molecule has 0 aliphatic carbocycles. The third-order valence-corrected chi connectivity index (χ3v) is 3.36. The van der Waals surface area contributed by atoms with Crippen LogP contribution >= 0.6 is 0 Å². The second-order valence-electron chi connectivity index (χ2n) is 4.75. The molecule has 0 aromatic heterocycles. The number of imide groups is 1. The number of hydrogen-bond acceptors (Lipinski definition) is 3. The van der Waals surface area contributed by atoms with E-state index in [1.54, 1.807) is 48.5 Å². The Labute approximate surface area is 126 Å². The fourth-order valence-corrected chi connectivity index (χ4v) is 2.33. The quantitative estimate of drug-likeness (QED) is 0.697. The molecule has 108 valence electrons. The zero-order valence-electron chi connectivity index (χ0n) is 11.4. The largest absolute Gasteiger partial charge is 0.478 e. The van der Waals surface area contributed by atoms with Gasteiger partial charge in [0.1, 0.15) is 0 Å². The maximum atomic E-state index is 12.3. The second-order valence-corrected chi connectivity index (χ2v) is 4.75. The van der Waals surface area contributed by atoms with E-state index in [1.165, 1.54) is 6.08 Å². The van der Waals surface area contributed by atoms with E-state index in [1.807, 2.05) is 0 Å². The highest BCUT2D eigenvalue weighted by Gasteiger charge is 2.36. The molecule has 22 heavy (non-hydrogen) atoms. The van der Waals surface area contributed by atoms with Crippen LogP contribution < -0.4 is 4.90 Å². The molecule has 1 N–H and O–H groups in total. The summed E-state index contributed by atoms with van der Waals surface area (Å²) in [5.41, 5.74) is 1.91. The summed E-state index contributed by atoms with van der Waals surface area (Å²) < 4.78 is 0. The summed E-state index contributed by atoms with van der Waals surface area (Å²) in [6.45, 7) is 0. The summed E-state index contributed by atoms with van der Waals surface area (Å²) in [5.74, 6) is -1.74. The van der Waals surface area contributed by atoms with E-state index >= 15 is 0 Å². The number of nitrogens with zero attached hydrogens (tertiary/aromatic N) is 1. The molecule has 1 aliphatic rings. The molecule has 0 saturated carbocycles. The van der Waals surface area contributed by atoms with Gasteiger partial charge in [-0.05, 0) is 35.9 Å². The molecule has 5 heteroatoms. The lowest BCUT2D eigenvalue weighted by Gasteiger charge is -2.13. The number of anilines is 1. The Kier molecular flexibility index (Phi) is 3.31. The van der Waals surface area contributed by atoms with Gasteiger partial charge in [0.25, 0.3) is 11.8 Å². The fourth-order valence-electron chi connectivity index (χ4n) is 2.33. The lowest BCUT2D eigenvalue weighted by molar-refractivity contribution is -0.131. The number of rotatable bonds is 3. The standard InChI is InChI=1S/C17H11NO4/c19-15(20)10-7-11-5-8-12(9-6-11)18-16(21)13-3-1-2-4-14(13)17(18)22/h1-10H,(H,19,20). The van der Waals surface area contributed by atoms with E-state index < -0.39 is 5.97 Å². The van der Waals surface area contributed by atoms with Gasteiger partial charge >= 0.3 is 5.97 Å². The van der Waals surface area contributed by atoms with Gasteiger partial charge in [-0.15, -0.1) is 0 Å². The number of aliphatic carboxylic acids is 1.